The summed E-state index contributed by atoms with van der Waals surface area (Å²) in [5.74, 6) is 0.521. The van der Waals surface area contributed by atoms with E-state index >= 15 is 0 Å². The van der Waals surface area contributed by atoms with Gasteiger partial charge in [-0.05, 0) is 67.4 Å². The Hall–Kier alpha value is -2.15. The van der Waals surface area contributed by atoms with Gasteiger partial charge in [0.15, 0.2) is 5.16 Å². The van der Waals surface area contributed by atoms with E-state index in [4.69, 9.17) is 0 Å². The van der Waals surface area contributed by atoms with Crippen molar-refractivity contribution in [3.63, 3.8) is 0 Å². The zero-order valence-corrected chi connectivity index (χ0v) is 22.8. The number of aromatic amines is 1. The van der Waals surface area contributed by atoms with Crippen molar-refractivity contribution in [2.24, 2.45) is 11.3 Å². The number of hydrogen-bond donors (Lipinski definition) is 2. The standard InChI is InChI=1S/C26H30N4O2S3/c1-4-26(2,3)14-9-10-15-17(12-27)23(35-19(15)11-14)28-20(31)13-33-25-29-22(32)21-16-7-5-6-8-18(16)34-24(21)30-25/h14H,4-11,13H2,1-3H3,(H,28,31)(H,29,30,32). The normalized spacial score (nSPS) is 17.6. The average molecular weight is 527 g/mol. The number of amides is 1. The highest BCUT2D eigenvalue weighted by Crippen LogP contribution is 2.45. The van der Waals surface area contributed by atoms with Gasteiger partial charge in [-0.15, -0.1) is 22.7 Å². The molecule has 5 rings (SSSR count). The number of nitriles is 1. The third-order valence-electron chi connectivity index (χ3n) is 7.79. The maximum Gasteiger partial charge on any atom is 0.260 e. The Morgan fingerprint density at radius 3 is 2.80 bits per heavy atom. The molecule has 35 heavy (non-hydrogen) atoms. The third kappa shape index (κ3) is 4.68. The molecule has 0 saturated heterocycles. The maximum absolute atomic E-state index is 12.8. The second kappa shape index (κ2) is 9.72. The average Bonchev–Trinajstić information content (AvgIpc) is 3.39. The van der Waals surface area contributed by atoms with Gasteiger partial charge < -0.3 is 10.3 Å². The lowest BCUT2D eigenvalue weighted by Crippen LogP contribution is -2.28. The first-order valence-corrected chi connectivity index (χ1v) is 14.9. The molecule has 184 valence electrons. The smallest absolute Gasteiger partial charge is 0.260 e. The highest BCUT2D eigenvalue weighted by molar-refractivity contribution is 7.99. The Labute approximate surface area is 217 Å². The molecule has 1 amide bonds. The predicted molar refractivity (Wildman–Crippen MR) is 145 cm³/mol. The minimum absolute atomic E-state index is 0.112. The molecule has 2 aliphatic carbocycles. The van der Waals surface area contributed by atoms with Crippen LogP contribution >= 0.6 is 34.4 Å². The summed E-state index contributed by atoms with van der Waals surface area (Å²) in [5.41, 5.74) is 3.05. The fourth-order valence-electron chi connectivity index (χ4n) is 5.26. The van der Waals surface area contributed by atoms with Gasteiger partial charge in [-0.25, -0.2) is 4.98 Å². The van der Waals surface area contributed by atoms with Gasteiger partial charge in [-0.2, -0.15) is 5.26 Å². The fourth-order valence-corrected chi connectivity index (χ4v) is 8.53. The lowest BCUT2D eigenvalue weighted by atomic mass is 9.69. The van der Waals surface area contributed by atoms with Crippen LogP contribution in [0.5, 0.6) is 0 Å². The molecule has 2 N–H and O–H groups in total. The molecular weight excluding hydrogens is 497 g/mol. The molecule has 2 aliphatic rings. The molecule has 6 nitrogen and oxygen atoms in total. The van der Waals surface area contributed by atoms with E-state index in [1.165, 1.54) is 21.5 Å². The van der Waals surface area contributed by atoms with E-state index in [0.29, 0.717) is 21.6 Å². The summed E-state index contributed by atoms with van der Waals surface area (Å²) < 4.78 is 0. The van der Waals surface area contributed by atoms with Crippen LogP contribution in [0.15, 0.2) is 9.95 Å². The van der Waals surface area contributed by atoms with Crippen molar-refractivity contribution in [3.8, 4) is 6.07 Å². The number of rotatable bonds is 6. The fraction of sp³-hybridized carbons (Fsp3) is 0.538. The largest absolute Gasteiger partial charge is 0.316 e. The van der Waals surface area contributed by atoms with Crippen molar-refractivity contribution in [1.82, 2.24) is 9.97 Å². The number of nitrogens with zero attached hydrogens (tertiary/aromatic N) is 2. The van der Waals surface area contributed by atoms with Gasteiger partial charge in [0, 0.05) is 9.75 Å². The number of thioether (sulfide) groups is 1. The SMILES string of the molecule is CCC(C)(C)C1CCc2c(sc(NC(=O)CSc3nc4sc5c(c4c(=O)[nH]3)CCCC5)c2C#N)C1. The van der Waals surface area contributed by atoms with Crippen LogP contribution in [0.2, 0.25) is 0 Å². The monoisotopic (exact) mass is 526 g/mol. The molecule has 0 bridgehead atoms. The molecule has 0 fully saturated rings. The number of nitrogens with one attached hydrogen (secondary N) is 2. The van der Waals surface area contributed by atoms with Crippen LogP contribution < -0.4 is 10.9 Å². The Kier molecular flexibility index (Phi) is 6.81. The first-order valence-electron chi connectivity index (χ1n) is 12.3. The van der Waals surface area contributed by atoms with Gasteiger partial charge in [-0.1, -0.05) is 39.0 Å². The van der Waals surface area contributed by atoms with Crippen LogP contribution in [-0.4, -0.2) is 21.6 Å². The molecule has 1 unspecified atom stereocenters. The van der Waals surface area contributed by atoms with E-state index in [2.05, 4.69) is 42.1 Å². The Bertz CT molecular complexity index is 1390. The minimum Gasteiger partial charge on any atom is -0.316 e. The summed E-state index contributed by atoms with van der Waals surface area (Å²) in [7, 11) is 0. The highest BCUT2D eigenvalue weighted by Gasteiger charge is 2.34. The molecule has 0 spiro atoms. The molecular formula is C26H30N4O2S3. The first-order chi connectivity index (χ1) is 16.8. The molecule has 0 radical (unpaired) electrons. The van der Waals surface area contributed by atoms with Crippen LogP contribution in [0, 0.1) is 22.7 Å². The second-order valence-electron chi connectivity index (χ2n) is 10.2. The summed E-state index contributed by atoms with van der Waals surface area (Å²) in [6.45, 7) is 6.88. The maximum atomic E-state index is 12.8. The van der Waals surface area contributed by atoms with Crippen molar-refractivity contribution in [3.05, 3.63) is 36.8 Å². The zero-order valence-electron chi connectivity index (χ0n) is 20.4. The quantitative estimate of drug-likeness (QED) is 0.300. The second-order valence-corrected chi connectivity index (χ2v) is 13.4. The number of hydrogen-bond acceptors (Lipinski definition) is 7. The van der Waals surface area contributed by atoms with Gasteiger partial charge in [0.1, 0.15) is 15.9 Å². The van der Waals surface area contributed by atoms with Crippen LogP contribution in [0.25, 0.3) is 10.2 Å². The molecule has 0 aromatic carbocycles. The number of aromatic nitrogens is 2. The molecule has 9 heteroatoms. The number of aryl methyl sites for hydroxylation is 2. The highest BCUT2D eigenvalue weighted by atomic mass is 32.2. The molecule has 3 aromatic heterocycles. The van der Waals surface area contributed by atoms with Crippen LogP contribution in [0.3, 0.4) is 0 Å². The number of carbonyl (C=O) groups excluding carboxylic acids is 1. The van der Waals surface area contributed by atoms with E-state index < -0.39 is 0 Å². The lowest BCUT2D eigenvalue weighted by molar-refractivity contribution is -0.113. The van der Waals surface area contributed by atoms with Crippen molar-refractivity contribution in [2.45, 2.75) is 77.3 Å². The first kappa shape index (κ1) is 24.5. The van der Waals surface area contributed by atoms with Gasteiger partial charge in [0.2, 0.25) is 5.91 Å². The van der Waals surface area contributed by atoms with E-state index in [1.54, 1.807) is 22.7 Å². The van der Waals surface area contributed by atoms with Crippen LogP contribution in [0.4, 0.5) is 5.00 Å². The Morgan fingerprint density at radius 1 is 1.23 bits per heavy atom. The topological polar surface area (TPSA) is 98.6 Å². The summed E-state index contributed by atoms with van der Waals surface area (Å²) in [5, 5.41) is 14.6. The van der Waals surface area contributed by atoms with Gasteiger partial charge >= 0.3 is 0 Å². The summed E-state index contributed by atoms with van der Waals surface area (Å²) >= 11 is 4.39. The third-order valence-corrected chi connectivity index (χ3v) is 11.0. The number of fused-ring (bicyclic) bond motifs is 4. The minimum atomic E-state index is -0.191. The molecule has 3 aromatic rings. The van der Waals surface area contributed by atoms with Crippen molar-refractivity contribution >= 4 is 55.6 Å². The molecule has 0 aliphatic heterocycles. The van der Waals surface area contributed by atoms with Gasteiger partial charge in [-0.3, -0.25) is 9.59 Å². The number of thiophene rings is 2. The van der Waals surface area contributed by atoms with Crippen molar-refractivity contribution in [2.75, 3.05) is 11.1 Å². The Balaban J connectivity index is 1.29. The van der Waals surface area contributed by atoms with Gasteiger partial charge in [0.05, 0.1) is 16.7 Å². The predicted octanol–water partition coefficient (Wildman–Crippen LogP) is 6.07. The number of H-pyrrole nitrogens is 1. The van der Waals surface area contributed by atoms with Crippen molar-refractivity contribution < 1.29 is 4.79 Å². The number of anilines is 1. The Morgan fingerprint density at radius 2 is 2.03 bits per heavy atom. The molecule has 0 saturated carbocycles. The molecule has 1 atom stereocenters. The summed E-state index contributed by atoms with van der Waals surface area (Å²) in [6.07, 6.45) is 8.30. The van der Waals surface area contributed by atoms with E-state index in [9.17, 15) is 14.9 Å². The van der Waals surface area contributed by atoms with Crippen LogP contribution in [0.1, 0.15) is 72.9 Å². The van der Waals surface area contributed by atoms with Crippen LogP contribution in [-0.2, 0) is 30.5 Å². The summed E-state index contributed by atoms with van der Waals surface area (Å²) in [4.78, 5) is 36.3. The number of carbonyl (C=O) groups is 1. The van der Waals surface area contributed by atoms with Crippen molar-refractivity contribution in [1.29, 1.82) is 5.26 Å². The van der Waals surface area contributed by atoms with E-state index in [0.717, 1.165) is 72.7 Å². The summed E-state index contributed by atoms with van der Waals surface area (Å²) in [6, 6.07) is 2.33. The van der Waals surface area contributed by atoms with Gasteiger partial charge in [0.25, 0.3) is 5.56 Å². The lowest BCUT2D eigenvalue weighted by Gasteiger charge is -2.36. The zero-order chi connectivity index (χ0) is 24.7. The van der Waals surface area contributed by atoms with E-state index in [1.807, 2.05) is 0 Å². The van der Waals surface area contributed by atoms with E-state index in [-0.39, 0.29) is 22.6 Å². The molecule has 3 heterocycles.